The van der Waals surface area contributed by atoms with Crippen molar-refractivity contribution in [3.63, 3.8) is 0 Å². The van der Waals surface area contributed by atoms with Crippen LogP contribution in [-0.2, 0) is 0 Å². The molecule has 3 heterocycles. The third-order valence-electron chi connectivity index (χ3n) is 5.71. The van der Waals surface area contributed by atoms with Crippen LogP contribution in [0.1, 0.15) is 25.7 Å². The summed E-state index contributed by atoms with van der Waals surface area (Å²) in [5, 5.41) is 6.19. The average Bonchev–Trinajstić information content (AvgIpc) is 3.40. The third-order valence-corrected chi connectivity index (χ3v) is 7.13. The van der Waals surface area contributed by atoms with Crippen molar-refractivity contribution in [2.45, 2.75) is 6.92 Å². The molecular weight excluding hydrogens is 444 g/mol. The lowest BCUT2D eigenvalue weighted by molar-refractivity contribution is 0.0538. The molecule has 2 aromatic carbocycles. The second kappa shape index (κ2) is 8.41. The number of fused-ring (bicyclic) bond motifs is 1. The number of nitrogens with zero attached hydrogens (tertiary/aromatic N) is 4. The summed E-state index contributed by atoms with van der Waals surface area (Å²) >= 11 is 7.80. The number of aromatic nitrogens is 2. The summed E-state index contributed by atoms with van der Waals surface area (Å²) in [6, 6.07) is 18.7. The molecule has 2 amide bonds. The van der Waals surface area contributed by atoms with Gasteiger partial charge in [0.05, 0.1) is 21.3 Å². The first-order valence-electron chi connectivity index (χ1n) is 10.4. The Kier molecular flexibility index (Phi) is 5.45. The molecule has 5 rings (SSSR count). The van der Waals surface area contributed by atoms with Gasteiger partial charge in [-0.05, 0) is 37.3 Å². The third kappa shape index (κ3) is 3.67. The number of benzene rings is 2. The highest BCUT2D eigenvalue weighted by Gasteiger charge is 2.27. The van der Waals surface area contributed by atoms with Crippen LogP contribution >= 0.6 is 22.9 Å². The van der Waals surface area contributed by atoms with E-state index in [2.05, 4.69) is 5.10 Å². The largest absolute Gasteiger partial charge is 0.335 e. The molecule has 0 spiro atoms. The maximum Gasteiger partial charge on any atom is 0.264 e. The van der Waals surface area contributed by atoms with E-state index >= 15 is 0 Å². The molecule has 0 saturated carbocycles. The van der Waals surface area contributed by atoms with Crippen LogP contribution in [-0.4, -0.2) is 57.6 Å². The van der Waals surface area contributed by atoms with Crippen LogP contribution < -0.4 is 0 Å². The van der Waals surface area contributed by atoms with Gasteiger partial charge in [-0.2, -0.15) is 5.10 Å². The van der Waals surface area contributed by atoms with E-state index in [0.29, 0.717) is 41.6 Å². The average molecular weight is 465 g/mol. The van der Waals surface area contributed by atoms with E-state index < -0.39 is 0 Å². The fraction of sp³-hybridized carbons (Fsp3) is 0.208. The van der Waals surface area contributed by atoms with Gasteiger partial charge in [0.15, 0.2) is 0 Å². The Bertz CT molecular complexity index is 1310. The van der Waals surface area contributed by atoms with Gasteiger partial charge < -0.3 is 9.80 Å². The molecule has 1 aliphatic heterocycles. The maximum absolute atomic E-state index is 13.2. The first-order chi connectivity index (χ1) is 15.5. The Hall–Kier alpha value is -3.16. The van der Waals surface area contributed by atoms with E-state index in [-0.39, 0.29) is 11.8 Å². The fourth-order valence-corrected chi connectivity index (χ4v) is 5.33. The SMILES string of the molecule is Cc1nn(-c2ccccc2Cl)c2sc(C(=O)N3CCN(C(=O)c4ccccc4)CC3)cc12. The number of thiophene rings is 1. The number of para-hydroxylation sites is 1. The Labute approximate surface area is 194 Å². The molecule has 32 heavy (non-hydrogen) atoms. The lowest BCUT2D eigenvalue weighted by Gasteiger charge is -2.34. The van der Waals surface area contributed by atoms with Crippen LogP contribution in [0.5, 0.6) is 0 Å². The van der Waals surface area contributed by atoms with Crippen LogP contribution in [0.2, 0.25) is 5.02 Å². The van der Waals surface area contributed by atoms with E-state index in [4.69, 9.17) is 11.6 Å². The smallest absolute Gasteiger partial charge is 0.264 e. The van der Waals surface area contributed by atoms with Crippen molar-refractivity contribution in [3.8, 4) is 5.69 Å². The van der Waals surface area contributed by atoms with Crippen molar-refractivity contribution < 1.29 is 9.59 Å². The number of aryl methyl sites for hydroxylation is 1. The molecule has 8 heteroatoms. The van der Waals surface area contributed by atoms with E-state index in [1.54, 1.807) is 0 Å². The second-order valence-corrected chi connectivity index (χ2v) is 9.17. The summed E-state index contributed by atoms with van der Waals surface area (Å²) in [6.45, 7) is 4.01. The fourth-order valence-electron chi connectivity index (χ4n) is 3.97. The quantitative estimate of drug-likeness (QED) is 0.443. The minimum atomic E-state index is -0.0110. The molecule has 162 valence electrons. The first-order valence-corrected chi connectivity index (χ1v) is 11.6. The van der Waals surface area contributed by atoms with E-state index in [0.717, 1.165) is 21.6 Å². The topological polar surface area (TPSA) is 58.4 Å². The normalized spacial score (nSPS) is 14.2. The van der Waals surface area contributed by atoms with Crippen molar-refractivity contribution in [3.05, 3.63) is 81.8 Å². The number of halogens is 1. The van der Waals surface area contributed by atoms with E-state index in [1.807, 2.05) is 82.1 Å². The molecule has 1 saturated heterocycles. The number of carbonyl (C=O) groups excluding carboxylic acids is 2. The summed E-state index contributed by atoms with van der Waals surface area (Å²) in [6.07, 6.45) is 0. The number of carbonyl (C=O) groups is 2. The zero-order chi connectivity index (χ0) is 22.2. The summed E-state index contributed by atoms with van der Waals surface area (Å²) < 4.78 is 1.81. The van der Waals surface area contributed by atoms with Gasteiger partial charge >= 0.3 is 0 Å². The van der Waals surface area contributed by atoms with Crippen LogP contribution in [0.25, 0.3) is 15.9 Å². The van der Waals surface area contributed by atoms with Crippen LogP contribution in [0.4, 0.5) is 0 Å². The van der Waals surface area contributed by atoms with Gasteiger partial charge in [-0.15, -0.1) is 11.3 Å². The summed E-state index contributed by atoms with van der Waals surface area (Å²) in [4.78, 5) is 31.1. The summed E-state index contributed by atoms with van der Waals surface area (Å²) in [5.41, 5.74) is 2.33. The predicted octanol–water partition coefficient (Wildman–Crippen LogP) is 4.65. The monoisotopic (exact) mass is 464 g/mol. The van der Waals surface area contributed by atoms with Gasteiger partial charge in [0, 0.05) is 37.1 Å². The van der Waals surface area contributed by atoms with Crippen molar-refractivity contribution in [2.24, 2.45) is 0 Å². The molecular formula is C24H21ClN4O2S. The summed E-state index contributed by atoms with van der Waals surface area (Å²) in [5.74, 6) is -0.00173. The molecule has 0 unspecified atom stereocenters. The predicted molar refractivity (Wildman–Crippen MR) is 127 cm³/mol. The highest BCUT2D eigenvalue weighted by molar-refractivity contribution is 7.20. The molecule has 0 radical (unpaired) electrons. The summed E-state index contributed by atoms with van der Waals surface area (Å²) in [7, 11) is 0. The first kappa shape index (κ1) is 20.7. The van der Waals surface area contributed by atoms with Gasteiger partial charge in [0.1, 0.15) is 4.83 Å². The molecule has 1 aliphatic rings. The Morgan fingerprint density at radius 2 is 1.53 bits per heavy atom. The molecule has 0 N–H and O–H groups in total. The molecule has 0 bridgehead atoms. The zero-order valence-corrected chi connectivity index (χ0v) is 19.1. The van der Waals surface area contributed by atoms with Crippen molar-refractivity contribution in [1.82, 2.24) is 19.6 Å². The lowest BCUT2D eigenvalue weighted by atomic mass is 10.2. The number of piperazine rings is 1. The number of hydrogen-bond donors (Lipinski definition) is 0. The zero-order valence-electron chi connectivity index (χ0n) is 17.5. The van der Waals surface area contributed by atoms with E-state index in [9.17, 15) is 9.59 Å². The van der Waals surface area contributed by atoms with Crippen molar-refractivity contribution >= 4 is 45.0 Å². The Morgan fingerprint density at radius 3 is 2.22 bits per heavy atom. The Morgan fingerprint density at radius 1 is 0.906 bits per heavy atom. The number of amides is 2. The number of hydrogen-bond acceptors (Lipinski definition) is 4. The standard InChI is InChI=1S/C24H21ClN4O2S/c1-16-18-15-21(32-24(18)29(26-16)20-10-6-5-9-19(20)25)23(31)28-13-11-27(12-14-28)22(30)17-7-3-2-4-8-17/h2-10,15H,11-14H2,1H3. The molecule has 0 atom stereocenters. The minimum Gasteiger partial charge on any atom is -0.335 e. The molecule has 6 nitrogen and oxygen atoms in total. The lowest BCUT2D eigenvalue weighted by Crippen LogP contribution is -2.50. The van der Waals surface area contributed by atoms with Gasteiger partial charge in [0.2, 0.25) is 0 Å². The van der Waals surface area contributed by atoms with Gasteiger partial charge in [-0.1, -0.05) is 41.9 Å². The van der Waals surface area contributed by atoms with Crippen LogP contribution in [0.3, 0.4) is 0 Å². The number of rotatable bonds is 3. The van der Waals surface area contributed by atoms with E-state index in [1.165, 1.54) is 11.3 Å². The highest BCUT2D eigenvalue weighted by Crippen LogP contribution is 2.33. The highest BCUT2D eigenvalue weighted by atomic mass is 35.5. The molecule has 4 aromatic rings. The van der Waals surface area contributed by atoms with Gasteiger partial charge in [0.25, 0.3) is 11.8 Å². The van der Waals surface area contributed by atoms with Gasteiger partial charge in [-0.25, -0.2) is 4.68 Å². The van der Waals surface area contributed by atoms with Crippen molar-refractivity contribution in [2.75, 3.05) is 26.2 Å². The molecule has 0 aliphatic carbocycles. The maximum atomic E-state index is 13.2. The second-order valence-electron chi connectivity index (χ2n) is 7.73. The van der Waals surface area contributed by atoms with Crippen molar-refractivity contribution in [1.29, 1.82) is 0 Å². The van der Waals surface area contributed by atoms with Gasteiger partial charge in [-0.3, -0.25) is 9.59 Å². The van der Waals surface area contributed by atoms with Crippen LogP contribution in [0.15, 0.2) is 60.7 Å². The molecule has 1 fully saturated rings. The molecule has 2 aromatic heterocycles. The minimum absolute atomic E-state index is 0.00928. The van der Waals surface area contributed by atoms with Crippen LogP contribution in [0, 0.1) is 6.92 Å². The Balaban J connectivity index is 1.34.